The van der Waals surface area contributed by atoms with Gasteiger partial charge < -0.3 is 14.6 Å². The van der Waals surface area contributed by atoms with Gasteiger partial charge in [-0.3, -0.25) is 4.79 Å². The van der Waals surface area contributed by atoms with Gasteiger partial charge in [0, 0.05) is 16.9 Å². The zero-order valence-electron chi connectivity index (χ0n) is 17.4. The molecule has 156 valence electrons. The Hall–Kier alpha value is -3.12. The van der Waals surface area contributed by atoms with Crippen molar-refractivity contribution in [1.29, 1.82) is 0 Å². The maximum atomic E-state index is 12.6. The maximum Gasteiger partial charge on any atom is 0.345 e. The molecule has 1 aromatic heterocycles. The number of esters is 1. The molecule has 0 saturated heterocycles. The predicted molar refractivity (Wildman–Crippen MR) is 119 cm³/mol. The van der Waals surface area contributed by atoms with E-state index < -0.39 is 17.1 Å². The molecule has 1 heterocycles. The highest BCUT2D eigenvalue weighted by Crippen LogP contribution is 2.25. The lowest BCUT2D eigenvalue weighted by Crippen LogP contribution is -2.30. The van der Waals surface area contributed by atoms with Gasteiger partial charge in [-0.2, -0.15) is 4.98 Å². The number of benzene rings is 2. The molecule has 2 aromatic carbocycles. The molecule has 3 rings (SSSR count). The number of carbonyl (C=O) groups is 1. The van der Waals surface area contributed by atoms with Crippen LogP contribution in [0.4, 0.5) is 11.6 Å². The second-order valence-corrected chi connectivity index (χ2v) is 8.34. The average Bonchev–Trinajstić information content (AvgIpc) is 2.67. The van der Waals surface area contributed by atoms with Gasteiger partial charge in [0.15, 0.2) is 0 Å². The van der Waals surface area contributed by atoms with Crippen molar-refractivity contribution >= 4 is 29.2 Å². The summed E-state index contributed by atoms with van der Waals surface area (Å²) < 4.78 is 7.09. The summed E-state index contributed by atoms with van der Waals surface area (Å²) in [4.78, 5) is 29.3. The molecule has 0 aliphatic carbocycles. The van der Waals surface area contributed by atoms with Crippen LogP contribution >= 0.6 is 11.6 Å². The molecular formula is C23H24ClN3O3. The van der Waals surface area contributed by atoms with Crippen LogP contribution in [-0.2, 0) is 11.3 Å². The summed E-state index contributed by atoms with van der Waals surface area (Å²) in [6, 6.07) is 15.1. The monoisotopic (exact) mass is 425 g/mol. The minimum atomic E-state index is -0.720. The molecule has 0 radical (unpaired) electrons. The smallest absolute Gasteiger partial charge is 0.345 e. The first-order chi connectivity index (χ1) is 14.1. The normalized spacial score (nSPS) is 11.2. The van der Waals surface area contributed by atoms with Crippen LogP contribution in [0.5, 0.6) is 0 Å². The van der Waals surface area contributed by atoms with Crippen molar-refractivity contribution in [2.75, 3.05) is 5.32 Å². The third kappa shape index (κ3) is 5.27. The van der Waals surface area contributed by atoms with Gasteiger partial charge in [0.05, 0.1) is 6.54 Å². The summed E-state index contributed by atoms with van der Waals surface area (Å²) in [7, 11) is 0. The molecule has 3 aromatic rings. The molecule has 30 heavy (non-hydrogen) atoms. The van der Waals surface area contributed by atoms with Crippen LogP contribution in [0.25, 0.3) is 0 Å². The first kappa shape index (κ1) is 21.6. The van der Waals surface area contributed by atoms with E-state index in [1.54, 1.807) is 31.4 Å². The van der Waals surface area contributed by atoms with Crippen LogP contribution in [0.1, 0.15) is 42.3 Å². The van der Waals surface area contributed by atoms with Crippen molar-refractivity contribution in [2.24, 2.45) is 0 Å². The van der Waals surface area contributed by atoms with Crippen LogP contribution in [0.15, 0.2) is 59.5 Å². The quantitative estimate of drug-likeness (QED) is 0.585. The summed E-state index contributed by atoms with van der Waals surface area (Å²) >= 11 is 6.22. The van der Waals surface area contributed by atoms with E-state index >= 15 is 0 Å². The van der Waals surface area contributed by atoms with Gasteiger partial charge in [-0.25, -0.2) is 4.79 Å². The molecule has 7 heteroatoms. The van der Waals surface area contributed by atoms with E-state index in [1.165, 1.54) is 6.20 Å². The Morgan fingerprint density at radius 2 is 1.83 bits per heavy atom. The van der Waals surface area contributed by atoms with E-state index in [9.17, 15) is 9.59 Å². The largest absolute Gasteiger partial charge is 0.456 e. The Labute approximate surface area is 180 Å². The van der Waals surface area contributed by atoms with E-state index in [-0.39, 0.29) is 5.56 Å². The molecule has 0 aliphatic heterocycles. The number of carbonyl (C=O) groups excluding carboxylic acids is 1. The molecule has 0 aliphatic rings. The minimum Gasteiger partial charge on any atom is -0.456 e. The van der Waals surface area contributed by atoms with Crippen molar-refractivity contribution in [3.8, 4) is 0 Å². The lowest BCUT2D eigenvalue weighted by Gasteiger charge is -2.20. The maximum absolute atomic E-state index is 12.6. The Balaban J connectivity index is 2.06. The van der Waals surface area contributed by atoms with Gasteiger partial charge in [-0.15, -0.1) is 0 Å². The number of hydrogen-bond acceptors (Lipinski definition) is 5. The fraction of sp³-hybridized carbons (Fsp3) is 0.261. The molecule has 0 fully saturated rings. The van der Waals surface area contributed by atoms with Crippen molar-refractivity contribution in [3.05, 3.63) is 86.8 Å². The second-order valence-electron chi connectivity index (χ2n) is 7.94. The summed E-state index contributed by atoms with van der Waals surface area (Å²) in [5.74, 6) is -0.395. The Morgan fingerprint density at radius 3 is 2.50 bits per heavy atom. The summed E-state index contributed by atoms with van der Waals surface area (Å²) in [5.41, 5.74) is 1.05. The van der Waals surface area contributed by atoms with E-state index in [1.807, 2.05) is 49.4 Å². The van der Waals surface area contributed by atoms with Crippen molar-refractivity contribution in [2.45, 2.75) is 39.8 Å². The second kappa shape index (κ2) is 8.71. The van der Waals surface area contributed by atoms with Gasteiger partial charge in [0.1, 0.15) is 11.2 Å². The SMILES string of the molecule is Cc1c(Cl)cccc1Nc1nc(=O)c(C(=O)OC(C)(C)C)cn1Cc1ccccc1. The van der Waals surface area contributed by atoms with Crippen LogP contribution in [0, 0.1) is 6.92 Å². The van der Waals surface area contributed by atoms with Gasteiger partial charge in [-0.1, -0.05) is 48.0 Å². The number of aromatic nitrogens is 2. The summed E-state index contributed by atoms with van der Waals surface area (Å²) in [6.45, 7) is 7.53. The van der Waals surface area contributed by atoms with Crippen LogP contribution in [0.2, 0.25) is 5.02 Å². The minimum absolute atomic E-state index is 0.116. The number of hydrogen-bond donors (Lipinski definition) is 1. The van der Waals surface area contributed by atoms with E-state index in [4.69, 9.17) is 16.3 Å². The Bertz CT molecular complexity index is 1120. The molecule has 1 N–H and O–H groups in total. The summed E-state index contributed by atoms with van der Waals surface area (Å²) in [6.07, 6.45) is 1.48. The number of ether oxygens (including phenoxy) is 1. The highest BCUT2D eigenvalue weighted by atomic mass is 35.5. The average molecular weight is 426 g/mol. The number of anilines is 2. The first-order valence-electron chi connectivity index (χ1n) is 9.55. The zero-order chi connectivity index (χ0) is 21.9. The Morgan fingerprint density at radius 1 is 1.13 bits per heavy atom. The molecule has 0 atom stereocenters. The van der Waals surface area contributed by atoms with Gasteiger partial charge >= 0.3 is 5.97 Å². The topological polar surface area (TPSA) is 73.2 Å². The molecule has 6 nitrogen and oxygen atoms in total. The van der Waals surface area contributed by atoms with E-state index in [0.29, 0.717) is 17.5 Å². The molecule has 0 saturated carbocycles. The van der Waals surface area contributed by atoms with Gasteiger partial charge in [0.2, 0.25) is 5.95 Å². The van der Waals surface area contributed by atoms with Crippen molar-refractivity contribution in [3.63, 3.8) is 0 Å². The van der Waals surface area contributed by atoms with Crippen LogP contribution in [0.3, 0.4) is 0 Å². The molecule has 0 amide bonds. The fourth-order valence-corrected chi connectivity index (χ4v) is 3.00. The van der Waals surface area contributed by atoms with Crippen LogP contribution < -0.4 is 10.9 Å². The van der Waals surface area contributed by atoms with Crippen molar-refractivity contribution in [1.82, 2.24) is 9.55 Å². The predicted octanol–water partition coefficient (Wildman–Crippen LogP) is 4.95. The third-order valence-corrected chi connectivity index (χ3v) is 4.73. The van der Waals surface area contributed by atoms with Crippen molar-refractivity contribution < 1.29 is 9.53 Å². The number of nitrogens with one attached hydrogen (secondary N) is 1. The Kier molecular flexibility index (Phi) is 6.27. The molecule has 0 bridgehead atoms. The van der Waals surface area contributed by atoms with E-state index in [2.05, 4.69) is 10.3 Å². The lowest BCUT2D eigenvalue weighted by atomic mass is 10.2. The molecular weight excluding hydrogens is 402 g/mol. The number of nitrogens with zero attached hydrogens (tertiary/aromatic N) is 2. The van der Waals surface area contributed by atoms with E-state index in [0.717, 1.165) is 16.8 Å². The standard InChI is InChI=1S/C23H24ClN3O3/c1-15-18(24)11-8-12-19(15)25-22-26-20(28)17(21(29)30-23(2,3)4)14-27(22)13-16-9-6-5-7-10-16/h5-12,14H,13H2,1-4H3,(H,25,26,28). The number of halogens is 1. The highest BCUT2D eigenvalue weighted by Gasteiger charge is 2.22. The number of rotatable bonds is 5. The van der Waals surface area contributed by atoms with Crippen LogP contribution in [-0.4, -0.2) is 21.1 Å². The third-order valence-electron chi connectivity index (χ3n) is 4.32. The summed E-state index contributed by atoms with van der Waals surface area (Å²) in [5, 5.41) is 3.77. The highest BCUT2D eigenvalue weighted by molar-refractivity contribution is 6.31. The molecule has 0 unspecified atom stereocenters. The van der Waals surface area contributed by atoms with Gasteiger partial charge in [-0.05, 0) is 51.0 Å². The zero-order valence-corrected chi connectivity index (χ0v) is 18.2. The fourth-order valence-electron chi connectivity index (χ4n) is 2.83. The molecule has 0 spiro atoms. The van der Waals surface area contributed by atoms with Gasteiger partial charge in [0.25, 0.3) is 5.56 Å². The lowest BCUT2D eigenvalue weighted by molar-refractivity contribution is 0.00665. The first-order valence-corrected chi connectivity index (χ1v) is 9.93.